The zero-order valence-electron chi connectivity index (χ0n) is 30.2. The number of hydrogen-bond donors (Lipinski definition) is 0. The van der Waals surface area contributed by atoms with Crippen LogP contribution in [-0.2, 0) is 0 Å². The van der Waals surface area contributed by atoms with Crippen LogP contribution in [0, 0.1) is 0 Å². The van der Waals surface area contributed by atoms with E-state index < -0.39 is 0 Å². The molecule has 0 amide bonds. The van der Waals surface area contributed by atoms with Gasteiger partial charge in [-0.3, -0.25) is 0 Å². The highest BCUT2D eigenvalue weighted by molar-refractivity contribution is 7.27. The number of para-hydroxylation sites is 2. The molecule has 12 aromatic rings. The lowest BCUT2D eigenvalue weighted by molar-refractivity contribution is 1.13. The summed E-state index contributed by atoms with van der Waals surface area (Å²) in [5.74, 6) is 0. The second-order valence-electron chi connectivity index (χ2n) is 14.5. The average Bonchev–Trinajstić information content (AvgIpc) is 3.96. The summed E-state index contributed by atoms with van der Waals surface area (Å²) in [6.07, 6.45) is 0. The number of rotatable bonds is 5. The van der Waals surface area contributed by atoms with Gasteiger partial charge in [-0.1, -0.05) is 133 Å². The van der Waals surface area contributed by atoms with Crippen LogP contribution < -0.4 is 4.90 Å². The fourth-order valence-corrected chi connectivity index (χ4v) is 11.3. The maximum atomic E-state index is 2.43. The van der Waals surface area contributed by atoms with E-state index in [1.54, 1.807) is 0 Å². The van der Waals surface area contributed by atoms with Crippen LogP contribution >= 0.6 is 22.7 Å². The van der Waals surface area contributed by atoms with Gasteiger partial charge in [-0.05, 0) is 87.8 Å². The lowest BCUT2D eigenvalue weighted by Crippen LogP contribution is -2.09. The van der Waals surface area contributed by atoms with Crippen LogP contribution in [0.25, 0.3) is 89.7 Å². The number of aromatic nitrogens is 1. The summed E-state index contributed by atoms with van der Waals surface area (Å²) >= 11 is 3.79. The fraction of sp³-hybridized carbons (Fsp3) is 0. The van der Waals surface area contributed by atoms with Crippen LogP contribution in [0.1, 0.15) is 0 Å². The molecule has 9 aromatic carbocycles. The second kappa shape index (κ2) is 12.4. The first kappa shape index (κ1) is 31.6. The van der Waals surface area contributed by atoms with E-state index in [9.17, 15) is 0 Å². The molecular formula is C52H32N2S2. The van der Waals surface area contributed by atoms with Gasteiger partial charge in [0.25, 0.3) is 0 Å². The van der Waals surface area contributed by atoms with E-state index in [2.05, 4.69) is 204 Å². The van der Waals surface area contributed by atoms with Crippen LogP contribution in [0.3, 0.4) is 0 Å². The molecule has 0 aliphatic heterocycles. The van der Waals surface area contributed by atoms with Crippen LogP contribution in [0.2, 0.25) is 0 Å². The molecule has 0 aliphatic carbocycles. The molecule has 3 heterocycles. The first-order valence-corrected chi connectivity index (χ1v) is 20.6. The Morgan fingerprint density at radius 1 is 0.357 bits per heavy atom. The number of anilines is 3. The van der Waals surface area contributed by atoms with Crippen molar-refractivity contribution in [2.45, 2.75) is 0 Å². The van der Waals surface area contributed by atoms with Gasteiger partial charge in [-0.25, -0.2) is 0 Å². The third-order valence-electron chi connectivity index (χ3n) is 11.4. The normalized spacial score (nSPS) is 11.9. The van der Waals surface area contributed by atoms with Gasteiger partial charge in [0.1, 0.15) is 0 Å². The Labute approximate surface area is 331 Å². The van der Waals surface area contributed by atoms with Gasteiger partial charge in [-0.15, -0.1) is 22.7 Å². The van der Waals surface area contributed by atoms with Crippen LogP contribution in [0.15, 0.2) is 194 Å². The standard InChI is InChI=1S/C52H32N2S2/c1-2-13-37(14-3-1)54-47-17-9-6-12-36(47)30-48(54)35-18-22-38(23-19-35)53(39-24-28-43-45-26-20-33-10-4-7-15-41(33)51(45)55-49(43)31-39)40-25-29-44-46-27-21-34-11-5-8-16-42(34)52(46)56-50(44)32-40/h1-32H. The van der Waals surface area contributed by atoms with E-state index in [4.69, 9.17) is 0 Å². The molecule has 0 bridgehead atoms. The minimum absolute atomic E-state index is 1.12. The summed E-state index contributed by atoms with van der Waals surface area (Å²) in [4.78, 5) is 2.43. The van der Waals surface area contributed by atoms with E-state index >= 15 is 0 Å². The Hall–Kier alpha value is -6.72. The maximum Gasteiger partial charge on any atom is 0.0541 e. The van der Waals surface area contributed by atoms with Crippen molar-refractivity contribution in [3.63, 3.8) is 0 Å². The van der Waals surface area contributed by atoms with Crippen molar-refractivity contribution < 1.29 is 0 Å². The van der Waals surface area contributed by atoms with Crippen LogP contribution in [0.4, 0.5) is 17.1 Å². The monoisotopic (exact) mass is 748 g/mol. The number of benzene rings is 9. The summed E-state index contributed by atoms with van der Waals surface area (Å²) in [7, 11) is 0. The topological polar surface area (TPSA) is 8.17 Å². The molecule has 56 heavy (non-hydrogen) atoms. The highest BCUT2D eigenvalue weighted by Gasteiger charge is 2.19. The van der Waals surface area contributed by atoms with Gasteiger partial charge in [0.2, 0.25) is 0 Å². The minimum Gasteiger partial charge on any atom is -0.310 e. The smallest absolute Gasteiger partial charge is 0.0541 e. The lowest BCUT2D eigenvalue weighted by Gasteiger charge is -2.26. The van der Waals surface area contributed by atoms with Gasteiger partial charge in [-0.2, -0.15) is 0 Å². The molecule has 0 unspecified atom stereocenters. The van der Waals surface area contributed by atoms with Crippen molar-refractivity contribution in [2.24, 2.45) is 0 Å². The number of fused-ring (bicyclic) bond motifs is 11. The molecule has 0 saturated carbocycles. The minimum atomic E-state index is 1.12. The molecule has 0 saturated heterocycles. The zero-order valence-corrected chi connectivity index (χ0v) is 31.8. The molecular weight excluding hydrogens is 717 g/mol. The van der Waals surface area contributed by atoms with Gasteiger partial charge in [0, 0.05) is 68.5 Å². The van der Waals surface area contributed by atoms with E-state index in [1.165, 1.54) is 84.0 Å². The third kappa shape index (κ3) is 4.86. The first-order valence-electron chi connectivity index (χ1n) is 19.0. The molecule has 4 heteroatoms. The number of nitrogens with zero attached hydrogens (tertiary/aromatic N) is 2. The summed E-state index contributed by atoms with van der Waals surface area (Å²) in [6, 6.07) is 71.4. The number of thiophene rings is 2. The average molecular weight is 749 g/mol. The van der Waals surface area contributed by atoms with Crippen molar-refractivity contribution in [3.8, 4) is 16.9 Å². The highest BCUT2D eigenvalue weighted by atomic mass is 32.1. The summed E-state index contributed by atoms with van der Waals surface area (Å²) in [5.41, 5.74) is 8.11. The van der Waals surface area contributed by atoms with Gasteiger partial charge in [0.05, 0.1) is 11.2 Å². The van der Waals surface area contributed by atoms with Gasteiger partial charge < -0.3 is 9.47 Å². The molecule has 0 atom stereocenters. The van der Waals surface area contributed by atoms with Crippen LogP contribution in [-0.4, -0.2) is 4.57 Å². The molecule has 2 nitrogen and oxygen atoms in total. The van der Waals surface area contributed by atoms with Crippen molar-refractivity contribution in [1.82, 2.24) is 4.57 Å². The molecule has 0 radical (unpaired) electrons. The van der Waals surface area contributed by atoms with Gasteiger partial charge >= 0.3 is 0 Å². The quantitative estimate of drug-likeness (QED) is 0.170. The number of hydrogen-bond acceptors (Lipinski definition) is 3. The third-order valence-corrected chi connectivity index (χ3v) is 13.8. The van der Waals surface area contributed by atoms with E-state index in [0.717, 1.165) is 22.7 Å². The fourth-order valence-electron chi connectivity index (χ4n) is 8.72. The molecule has 0 fully saturated rings. The molecule has 12 rings (SSSR count). The summed E-state index contributed by atoms with van der Waals surface area (Å²) in [6.45, 7) is 0. The Balaban J connectivity index is 1.04. The SMILES string of the molecule is c1ccc(-n2c(-c3ccc(N(c4ccc5c(c4)sc4c6ccccc6ccc54)c4ccc5c(c4)sc4c6ccccc6ccc54)cc3)cc3ccccc32)cc1. The molecule has 0 spiro atoms. The van der Waals surface area contributed by atoms with Crippen molar-refractivity contribution in [3.05, 3.63) is 194 Å². The highest BCUT2D eigenvalue weighted by Crippen LogP contribution is 2.46. The van der Waals surface area contributed by atoms with E-state index in [0.29, 0.717) is 0 Å². The second-order valence-corrected chi connectivity index (χ2v) is 16.6. The van der Waals surface area contributed by atoms with E-state index in [-0.39, 0.29) is 0 Å². The zero-order chi connectivity index (χ0) is 36.7. The Bertz CT molecular complexity index is 3330. The summed E-state index contributed by atoms with van der Waals surface area (Å²) < 4.78 is 7.65. The summed E-state index contributed by atoms with van der Waals surface area (Å²) in [5, 5.41) is 11.7. The predicted molar refractivity (Wildman–Crippen MR) is 244 cm³/mol. The predicted octanol–water partition coefficient (Wildman–Crippen LogP) is 15.8. The Morgan fingerprint density at radius 2 is 0.857 bits per heavy atom. The molecule has 0 N–H and O–H groups in total. The van der Waals surface area contributed by atoms with Gasteiger partial charge in [0.15, 0.2) is 0 Å². The molecule has 3 aromatic heterocycles. The molecule has 262 valence electrons. The first-order chi connectivity index (χ1) is 27.7. The maximum absolute atomic E-state index is 2.43. The van der Waals surface area contributed by atoms with Crippen molar-refractivity contribution in [2.75, 3.05) is 4.90 Å². The van der Waals surface area contributed by atoms with Crippen LogP contribution in [0.5, 0.6) is 0 Å². The Kier molecular flexibility index (Phi) is 7.00. The lowest BCUT2D eigenvalue weighted by atomic mass is 10.0. The Morgan fingerprint density at radius 3 is 1.46 bits per heavy atom. The molecule has 0 aliphatic rings. The van der Waals surface area contributed by atoms with Crippen molar-refractivity contribution in [1.29, 1.82) is 0 Å². The van der Waals surface area contributed by atoms with E-state index in [1.807, 2.05) is 22.7 Å². The van der Waals surface area contributed by atoms with Crippen molar-refractivity contribution >= 4 is 113 Å². The largest absolute Gasteiger partial charge is 0.310 e.